The number of amides is 2. The predicted molar refractivity (Wildman–Crippen MR) is 118 cm³/mol. The second-order valence-electron chi connectivity index (χ2n) is 8.34. The largest absolute Gasteiger partial charge is 0.332 e. The third kappa shape index (κ3) is 6.07. The number of carbonyl (C=O) groups excluding carboxylic acids is 2. The average molecular weight is 419 g/mol. The van der Waals surface area contributed by atoms with Crippen molar-refractivity contribution in [3.05, 3.63) is 41.6 Å². The molecule has 158 valence electrons. The maximum Gasteiger partial charge on any atom is 0.245 e. The Bertz CT molecular complexity index is 851. The van der Waals surface area contributed by atoms with Crippen molar-refractivity contribution in [1.82, 2.24) is 14.7 Å². The van der Waals surface area contributed by atoms with Gasteiger partial charge < -0.3 is 10.2 Å². The number of anilines is 1. The van der Waals surface area contributed by atoms with E-state index < -0.39 is 5.38 Å². The smallest absolute Gasteiger partial charge is 0.245 e. The van der Waals surface area contributed by atoms with Crippen LogP contribution in [-0.4, -0.2) is 45.0 Å². The Kier molecular flexibility index (Phi) is 7.47. The maximum atomic E-state index is 12.7. The van der Waals surface area contributed by atoms with E-state index >= 15 is 0 Å². The Labute approximate surface area is 178 Å². The summed E-state index contributed by atoms with van der Waals surface area (Å²) in [5.41, 5.74) is 2.70. The van der Waals surface area contributed by atoms with Crippen LogP contribution in [0.5, 0.6) is 0 Å². The zero-order valence-corrected chi connectivity index (χ0v) is 18.9. The Morgan fingerprint density at radius 3 is 2.38 bits per heavy atom. The van der Waals surface area contributed by atoms with E-state index in [4.69, 9.17) is 16.7 Å². The van der Waals surface area contributed by atoms with Crippen molar-refractivity contribution in [2.45, 2.75) is 58.8 Å². The fourth-order valence-electron chi connectivity index (χ4n) is 2.86. The Hall–Kier alpha value is -2.34. The first kappa shape index (κ1) is 22.9. The molecule has 1 atom stereocenters. The molecule has 0 saturated carbocycles. The number of nitrogens with one attached hydrogen (secondary N) is 1. The molecule has 0 bridgehead atoms. The van der Waals surface area contributed by atoms with Gasteiger partial charge in [0, 0.05) is 18.0 Å². The summed E-state index contributed by atoms with van der Waals surface area (Å²) >= 11 is 5.94. The van der Waals surface area contributed by atoms with Crippen LogP contribution in [0.2, 0.25) is 0 Å². The molecule has 2 rings (SSSR count). The zero-order valence-electron chi connectivity index (χ0n) is 18.1. The molecule has 0 aliphatic heterocycles. The van der Waals surface area contributed by atoms with Gasteiger partial charge in [0.25, 0.3) is 0 Å². The summed E-state index contributed by atoms with van der Waals surface area (Å²) in [5.74, 6) is 0.0514. The molecule has 7 heteroatoms. The van der Waals surface area contributed by atoms with Gasteiger partial charge in [0.15, 0.2) is 0 Å². The van der Waals surface area contributed by atoms with E-state index in [-0.39, 0.29) is 23.8 Å². The highest BCUT2D eigenvalue weighted by Crippen LogP contribution is 2.26. The Balaban J connectivity index is 2.30. The van der Waals surface area contributed by atoms with Crippen LogP contribution in [0, 0.1) is 6.92 Å². The van der Waals surface area contributed by atoms with Crippen molar-refractivity contribution in [3.8, 4) is 5.69 Å². The molecule has 0 aliphatic carbocycles. The molecular weight excluding hydrogens is 388 g/mol. The molecule has 0 saturated heterocycles. The van der Waals surface area contributed by atoms with E-state index in [9.17, 15) is 9.59 Å². The van der Waals surface area contributed by atoms with E-state index in [1.54, 1.807) is 11.6 Å². The molecule has 1 aromatic carbocycles. The van der Waals surface area contributed by atoms with E-state index in [1.165, 1.54) is 4.90 Å². The van der Waals surface area contributed by atoms with Crippen LogP contribution in [0.3, 0.4) is 0 Å². The highest BCUT2D eigenvalue weighted by atomic mass is 35.5. The van der Waals surface area contributed by atoms with Crippen molar-refractivity contribution < 1.29 is 9.59 Å². The Morgan fingerprint density at radius 1 is 1.24 bits per heavy atom. The number of aryl methyl sites for hydroxylation is 1. The minimum absolute atomic E-state index is 0.0480. The fraction of sp³-hybridized carbons (Fsp3) is 0.500. The molecule has 1 N–H and O–H groups in total. The molecule has 0 unspecified atom stereocenters. The number of aromatic nitrogens is 2. The topological polar surface area (TPSA) is 67.2 Å². The van der Waals surface area contributed by atoms with Gasteiger partial charge in [-0.05, 0) is 32.4 Å². The minimum Gasteiger partial charge on any atom is -0.332 e. The van der Waals surface area contributed by atoms with E-state index in [0.717, 1.165) is 23.4 Å². The number of halogens is 1. The highest BCUT2D eigenvalue weighted by Gasteiger charge is 2.24. The summed E-state index contributed by atoms with van der Waals surface area (Å²) in [6.45, 7) is 12.2. The first-order valence-electron chi connectivity index (χ1n) is 9.93. The van der Waals surface area contributed by atoms with Crippen molar-refractivity contribution >= 4 is 29.2 Å². The second-order valence-corrected chi connectivity index (χ2v) is 8.99. The van der Waals surface area contributed by atoms with Gasteiger partial charge >= 0.3 is 0 Å². The lowest BCUT2D eigenvalue weighted by molar-refractivity contribution is -0.134. The van der Waals surface area contributed by atoms with E-state index in [1.807, 2.05) is 44.2 Å². The van der Waals surface area contributed by atoms with E-state index in [2.05, 4.69) is 26.1 Å². The van der Waals surface area contributed by atoms with Gasteiger partial charge in [0.05, 0.1) is 17.9 Å². The number of carbonyl (C=O) groups is 2. The highest BCUT2D eigenvalue weighted by molar-refractivity contribution is 6.30. The Morgan fingerprint density at radius 2 is 1.86 bits per heavy atom. The third-order valence-electron chi connectivity index (χ3n) is 4.50. The van der Waals surface area contributed by atoms with Gasteiger partial charge in [-0.3, -0.25) is 9.59 Å². The number of hydrogen-bond acceptors (Lipinski definition) is 3. The SMILES string of the molecule is CCCN(CC(=O)Nc1cc(C(C)(C)C)nn1-c1ccc(C)cc1)C(=O)[C@@H](C)Cl. The number of benzene rings is 1. The molecule has 29 heavy (non-hydrogen) atoms. The summed E-state index contributed by atoms with van der Waals surface area (Å²) in [6, 6.07) is 9.82. The summed E-state index contributed by atoms with van der Waals surface area (Å²) < 4.78 is 1.73. The second kappa shape index (κ2) is 9.44. The van der Waals surface area contributed by atoms with E-state index in [0.29, 0.717) is 12.4 Å². The lowest BCUT2D eigenvalue weighted by Gasteiger charge is -2.22. The predicted octanol–water partition coefficient (Wildman–Crippen LogP) is 4.28. The van der Waals surface area contributed by atoms with Crippen LogP contribution in [0.25, 0.3) is 5.69 Å². The van der Waals surface area contributed by atoms with Crippen LogP contribution < -0.4 is 5.32 Å². The first-order chi connectivity index (χ1) is 13.5. The van der Waals surface area contributed by atoms with Gasteiger partial charge in [0.1, 0.15) is 11.2 Å². The number of hydrogen-bond donors (Lipinski definition) is 1. The lowest BCUT2D eigenvalue weighted by atomic mass is 9.92. The van der Waals surface area contributed by atoms with Crippen LogP contribution in [-0.2, 0) is 15.0 Å². The molecule has 6 nitrogen and oxygen atoms in total. The summed E-state index contributed by atoms with van der Waals surface area (Å²) in [4.78, 5) is 26.5. The van der Waals surface area contributed by atoms with Gasteiger partial charge in [0.2, 0.25) is 11.8 Å². The molecule has 0 fully saturated rings. The van der Waals surface area contributed by atoms with Crippen LogP contribution >= 0.6 is 11.6 Å². The molecule has 0 spiro atoms. The standard InChI is InChI=1S/C22H31ClN4O2/c1-7-12-26(21(29)16(3)23)14-20(28)24-19-13-18(22(4,5)6)25-27(19)17-10-8-15(2)9-11-17/h8-11,13,16H,7,12,14H2,1-6H3,(H,24,28)/t16-/m1/s1. The summed E-state index contributed by atoms with van der Waals surface area (Å²) in [6.07, 6.45) is 0.748. The molecular formula is C22H31ClN4O2. The van der Waals surface area contributed by atoms with Gasteiger partial charge in [-0.1, -0.05) is 45.4 Å². The lowest BCUT2D eigenvalue weighted by Crippen LogP contribution is -2.41. The van der Waals surface area contributed by atoms with Gasteiger partial charge in [-0.15, -0.1) is 11.6 Å². The fourth-order valence-corrected chi connectivity index (χ4v) is 3.00. The third-order valence-corrected chi connectivity index (χ3v) is 4.69. The van der Waals surface area contributed by atoms with Crippen molar-refractivity contribution in [1.29, 1.82) is 0 Å². The molecule has 2 amide bonds. The quantitative estimate of drug-likeness (QED) is 0.682. The van der Waals surface area contributed by atoms with Gasteiger partial charge in [-0.2, -0.15) is 5.10 Å². The normalized spacial score (nSPS) is 12.5. The van der Waals surface area contributed by atoms with Crippen LogP contribution in [0.15, 0.2) is 30.3 Å². The molecule has 1 heterocycles. The molecule has 0 aliphatic rings. The number of rotatable bonds is 7. The van der Waals surface area contributed by atoms with Crippen molar-refractivity contribution in [2.75, 3.05) is 18.4 Å². The molecule has 0 radical (unpaired) electrons. The summed E-state index contributed by atoms with van der Waals surface area (Å²) in [7, 11) is 0. The molecule has 2 aromatic rings. The summed E-state index contributed by atoms with van der Waals surface area (Å²) in [5, 5.41) is 6.97. The van der Waals surface area contributed by atoms with Crippen LogP contribution in [0.1, 0.15) is 52.3 Å². The zero-order chi connectivity index (χ0) is 21.8. The van der Waals surface area contributed by atoms with Crippen LogP contribution in [0.4, 0.5) is 5.82 Å². The van der Waals surface area contributed by atoms with Gasteiger partial charge in [-0.25, -0.2) is 4.68 Å². The average Bonchev–Trinajstić information content (AvgIpc) is 3.05. The van der Waals surface area contributed by atoms with Crippen molar-refractivity contribution in [3.63, 3.8) is 0 Å². The number of nitrogens with zero attached hydrogens (tertiary/aromatic N) is 3. The van der Waals surface area contributed by atoms with Crippen molar-refractivity contribution in [2.24, 2.45) is 0 Å². The molecule has 1 aromatic heterocycles. The number of alkyl halides is 1. The minimum atomic E-state index is -0.667. The first-order valence-corrected chi connectivity index (χ1v) is 10.4. The maximum absolute atomic E-state index is 12.7. The monoisotopic (exact) mass is 418 g/mol.